The molecule has 13 heavy (non-hydrogen) atoms. The minimum absolute atomic E-state index is 0.266. The van der Waals surface area contributed by atoms with Gasteiger partial charge in [0, 0.05) is 0 Å². The van der Waals surface area contributed by atoms with Crippen LogP contribution in [-0.2, 0) is 5.54 Å². The van der Waals surface area contributed by atoms with Crippen LogP contribution in [0, 0.1) is 5.82 Å². The predicted octanol–water partition coefficient (Wildman–Crippen LogP) is 0.697. The molecule has 0 amide bonds. The van der Waals surface area contributed by atoms with Crippen LogP contribution in [0.2, 0.25) is 0 Å². The number of halogens is 1. The van der Waals surface area contributed by atoms with Crippen LogP contribution in [0.3, 0.4) is 0 Å². The Balaban J connectivity index is 3.10. The van der Waals surface area contributed by atoms with Gasteiger partial charge in [-0.2, -0.15) is 0 Å². The van der Waals surface area contributed by atoms with E-state index in [-0.39, 0.29) is 6.61 Å². The van der Waals surface area contributed by atoms with Crippen molar-refractivity contribution in [2.45, 2.75) is 12.5 Å². The van der Waals surface area contributed by atoms with E-state index in [1.165, 1.54) is 12.1 Å². The van der Waals surface area contributed by atoms with Crippen LogP contribution >= 0.6 is 0 Å². The van der Waals surface area contributed by atoms with Crippen LogP contribution in [0.15, 0.2) is 18.2 Å². The van der Waals surface area contributed by atoms with E-state index < -0.39 is 17.1 Å². The summed E-state index contributed by atoms with van der Waals surface area (Å²) in [4.78, 5) is 0. The van der Waals surface area contributed by atoms with Gasteiger partial charge in [0.05, 0.1) is 12.1 Å². The summed E-state index contributed by atoms with van der Waals surface area (Å²) in [5, 5.41) is 18.0. The first-order chi connectivity index (χ1) is 5.97. The fraction of sp³-hybridized carbons (Fsp3) is 0.333. The van der Waals surface area contributed by atoms with Gasteiger partial charge in [0.1, 0.15) is 0 Å². The monoisotopic (exact) mass is 185 g/mol. The van der Waals surface area contributed by atoms with Gasteiger partial charge in [-0.3, -0.25) is 0 Å². The molecule has 1 aromatic carbocycles. The highest BCUT2D eigenvalue weighted by atomic mass is 19.1. The van der Waals surface area contributed by atoms with Crippen LogP contribution in [0.5, 0.6) is 5.75 Å². The molecule has 4 heteroatoms. The molecule has 1 rings (SSSR count). The van der Waals surface area contributed by atoms with E-state index in [0.717, 1.165) is 6.07 Å². The number of rotatable bonds is 2. The van der Waals surface area contributed by atoms with Gasteiger partial charge in [0.15, 0.2) is 11.6 Å². The number of hydrogen-bond donors (Lipinski definition) is 3. The lowest BCUT2D eigenvalue weighted by atomic mass is 9.94. The summed E-state index contributed by atoms with van der Waals surface area (Å²) >= 11 is 0. The molecule has 0 aliphatic rings. The van der Waals surface area contributed by atoms with Crippen molar-refractivity contribution < 1.29 is 14.6 Å². The largest absolute Gasteiger partial charge is 0.505 e. The van der Waals surface area contributed by atoms with Crippen molar-refractivity contribution in [2.75, 3.05) is 6.61 Å². The molecule has 0 radical (unpaired) electrons. The Bertz CT molecular complexity index is 312. The lowest BCUT2D eigenvalue weighted by Gasteiger charge is -2.22. The van der Waals surface area contributed by atoms with Crippen LogP contribution in [0.25, 0.3) is 0 Å². The van der Waals surface area contributed by atoms with Crippen molar-refractivity contribution >= 4 is 0 Å². The lowest BCUT2D eigenvalue weighted by Crippen LogP contribution is -2.36. The van der Waals surface area contributed by atoms with Gasteiger partial charge in [0.2, 0.25) is 0 Å². The SMILES string of the molecule is CC(N)(CO)c1ccc(F)c(O)c1. The second kappa shape index (κ2) is 3.32. The maximum absolute atomic E-state index is 12.6. The average molecular weight is 185 g/mol. The van der Waals surface area contributed by atoms with E-state index in [1.807, 2.05) is 0 Å². The second-order valence-electron chi connectivity index (χ2n) is 3.24. The summed E-state index contributed by atoms with van der Waals surface area (Å²) in [5.74, 6) is -1.15. The number of aliphatic hydroxyl groups excluding tert-OH is 1. The Morgan fingerprint density at radius 1 is 1.54 bits per heavy atom. The third-order valence-electron chi connectivity index (χ3n) is 1.93. The number of aromatic hydroxyl groups is 1. The Kier molecular flexibility index (Phi) is 2.54. The molecular weight excluding hydrogens is 173 g/mol. The lowest BCUT2D eigenvalue weighted by molar-refractivity contribution is 0.209. The highest BCUT2D eigenvalue weighted by Crippen LogP contribution is 2.23. The molecule has 0 bridgehead atoms. The number of aliphatic hydroxyl groups is 1. The van der Waals surface area contributed by atoms with E-state index in [4.69, 9.17) is 15.9 Å². The van der Waals surface area contributed by atoms with Gasteiger partial charge in [-0.1, -0.05) is 6.07 Å². The molecule has 3 nitrogen and oxygen atoms in total. The second-order valence-corrected chi connectivity index (χ2v) is 3.24. The van der Waals surface area contributed by atoms with Gasteiger partial charge in [-0.05, 0) is 24.6 Å². The fourth-order valence-corrected chi connectivity index (χ4v) is 0.959. The molecule has 1 unspecified atom stereocenters. The number of benzene rings is 1. The van der Waals surface area contributed by atoms with E-state index in [0.29, 0.717) is 5.56 Å². The summed E-state index contributed by atoms with van der Waals surface area (Å²) in [6.07, 6.45) is 0. The van der Waals surface area contributed by atoms with Crippen LogP contribution in [0.4, 0.5) is 4.39 Å². The van der Waals surface area contributed by atoms with Crippen molar-refractivity contribution in [3.05, 3.63) is 29.6 Å². The molecule has 0 aromatic heterocycles. The van der Waals surface area contributed by atoms with Crippen LogP contribution < -0.4 is 5.73 Å². The minimum atomic E-state index is -0.953. The topological polar surface area (TPSA) is 66.5 Å². The zero-order chi connectivity index (χ0) is 10.1. The number of phenolic OH excluding ortho intramolecular Hbond substituents is 1. The molecule has 1 atom stereocenters. The normalized spacial score (nSPS) is 15.4. The molecular formula is C9H12FNO2. The summed E-state index contributed by atoms with van der Waals surface area (Å²) in [6.45, 7) is 1.33. The Morgan fingerprint density at radius 3 is 2.62 bits per heavy atom. The van der Waals surface area contributed by atoms with Gasteiger partial charge in [-0.15, -0.1) is 0 Å². The van der Waals surface area contributed by atoms with Crippen molar-refractivity contribution in [3.8, 4) is 5.75 Å². The molecule has 0 fully saturated rings. The molecule has 1 aromatic rings. The summed E-state index contributed by atoms with van der Waals surface area (Å²) in [5.41, 5.74) is 5.21. The highest BCUT2D eigenvalue weighted by Gasteiger charge is 2.20. The zero-order valence-electron chi connectivity index (χ0n) is 7.29. The first kappa shape index (κ1) is 9.95. The van der Waals surface area contributed by atoms with Crippen molar-refractivity contribution in [1.82, 2.24) is 0 Å². The van der Waals surface area contributed by atoms with Gasteiger partial charge < -0.3 is 15.9 Å². The molecule has 4 N–H and O–H groups in total. The summed E-state index contributed by atoms with van der Waals surface area (Å²) in [7, 11) is 0. The molecule has 0 aliphatic heterocycles. The average Bonchev–Trinajstić information content (AvgIpc) is 2.09. The first-order valence-corrected chi connectivity index (χ1v) is 3.86. The third-order valence-corrected chi connectivity index (χ3v) is 1.93. The smallest absolute Gasteiger partial charge is 0.164 e. The highest BCUT2D eigenvalue weighted by molar-refractivity contribution is 5.33. The van der Waals surface area contributed by atoms with Crippen molar-refractivity contribution in [3.63, 3.8) is 0 Å². The van der Waals surface area contributed by atoms with Crippen molar-refractivity contribution in [1.29, 1.82) is 0 Å². The maximum Gasteiger partial charge on any atom is 0.164 e. The number of nitrogens with two attached hydrogens (primary N) is 1. The summed E-state index contributed by atoms with van der Waals surface area (Å²) < 4.78 is 12.6. The molecule has 0 heterocycles. The molecule has 72 valence electrons. The van der Waals surface area contributed by atoms with Crippen LogP contribution in [-0.4, -0.2) is 16.8 Å². The van der Waals surface area contributed by atoms with Crippen LogP contribution in [0.1, 0.15) is 12.5 Å². The molecule has 0 aliphatic carbocycles. The summed E-state index contributed by atoms with van der Waals surface area (Å²) in [6, 6.07) is 3.77. The fourth-order valence-electron chi connectivity index (χ4n) is 0.959. The Hall–Kier alpha value is -1.13. The number of hydrogen-bond acceptors (Lipinski definition) is 3. The van der Waals surface area contributed by atoms with Gasteiger partial charge in [-0.25, -0.2) is 4.39 Å². The zero-order valence-corrected chi connectivity index (χ0v) is 7.29. The molecule has 0 saturated carbocycles. The maximum atomic E-state index is 12.6. The minimum Gasteiger partial charge on any atom is -0.505 e. The predicted molar refractivity (Wildman–Crippen MR) is 46.7 cm³/mol. The molecule has 0 saturated heterocycles. The Labute approximate surface area is 75.6 Å². The first-order valence-electron chi connectivity index (χ1n) is 3.86. The van der Waals surface area contributed by atoms with E-state index in [2.05, 4.69) is 0 Å². The Morgan fingerprint density at radius 2 is 2.15 bits per heavy atom. The van der Waals surface area contributed by atoms with E-state index in [9.17, 15) is 4.39 Å². The standard InChI is InChI=1S/C9H12FNO2/c1-9(11,5-12)6-2-3-7(10)8(13)4-6/h2-4,12-13H,5,11H2,1H3. The quantitative estimate of drug-likeness (QED) is 0.635. The van der Waals surface area contributed by atoms with E-state index in [1.54, 1.807) is 6.92 Å². The number of phenols is 1. The van der Waals surface area contributed by atoms with E-state index >= 15 is 0 Å². The van der Waals surface area contributed by atoms with Crippen molar-refractivity contribution in [2.24, 2.45) is 5.73 Å². The van der Waals surface area contributed by atoms with Gasteiger partial charge >= 0.3 is 0 Å². The van der Waals surface area contributed by atoms with Gasteiger partial charge in [0.25, 0.3) is 0 Å². The third kappa shape index (κ3) is 1.96. The molecule has 0 spiro atoms.